The zero-order chi connectivity index (χ0) is 24.7. The first-order chi connectivity index (χ1) is 16.8. The van der Waals surface area contributed by atoms with Crippen LogP contribution in [0.3, 0.4) is 0 Å². The molecule has 4 N–H and O–H groups in total. The molecule has 0 unspecified atom stereocenters. The van der Waals surface area contributed by atoms with Crippen molar-refractivity contribution >= 4 is 29.0 Å². The number of hydrogen-bond donors (Lipinski definition) is 3. The molecule has 0 saturated carbocycles. The molecule has 0 fully saturated rings. The number of rotatable bonds is 4. The second-order valence-electron chi connectivity index (χ2n) is 7.62. The highest BCUT2D eigenvalue weighted by Crippen LogP contribution is 2.38. The first-order valence-corrected chi connectivity index (χ1v) is 11.1. The fraction of sp³-hybridized carbons (Fsp3) is 0.136. The summed E-state index contributed by atoms with van der Waals surface area (Å²) in [6.07, 6.45) is 1.75. The van der Waals surface area contributed by atoms with Gasteiger partial charge in [0.05, 0.1) is 27.9 Å². The summed E-state index contributed by atoms with van der Waals surface area (Å²) in [4.78, 5) is 38.1. The van der Waals surface area contributed by atoms with E-state index in [4.69, 9.17) is 38.4 Å². The number of anilines is 1. The lowest BCUT2D eigenvalue weighted by Gasteiger charge is -2.17. The molecular weight excluding hydrogens is 499 g/mol. The standard InChI is InChI=1S/C22H16Cl2N6O5/c23-14-7-12(30-22(33)26-21(32)19(25)29-30)8-15(24)18(14)35-17-9-13(20(31)28-27-17)10-3-4-16-11(6-10)2-1-5-34-16/h3-4,6-9H,1-2,5H2,(H2,25,29)(H,28,31)(H,26,32,33). The molecule has 0 bridgehead atoms. The Hall–Kier alpha value is -4.09. The molecule has 0 amide bonds. The number of benzene rings is 2. The second kappa shape index (κ2) is 8.93. The number of aromatic amines is 2. The molecule has 0 spiro atoms. The first-order valence-electron chi connectivity index (χ1n) is 10.3. The number of ether oxygens (including phenoxy) is 2. The minimum absolute atomic E-state index is 0.0199. The Kier molecular flexibility index (Phi) is 5.79. The van der Waals surface area contributed by atoms with E-state index in [1.807, 2.05) is 17.1 Å². The summed E-state index contributed by atoms with van der Waals surface area (Å²) in [7, 11) is 0. The molecule has 2 aromatic carbocycles. The molecule has 1 aliphatic heterocycles. The Balaban J connectivity index is 1.49. The maximum atomic E-state index is 12.5. The summed E-state index contributed by atoms with van der Waals surface area (Å²) < 4.78 is 12.2. The third kappa shape index (κ3) is 4.38. The number of aromatic nitrogens is 5. The predicted molar refractivity (Wildman–Crippen MR) is 129 cm³/mol. The van der Waals surface area contributed by atoms with E-state index >= 15 is 0 Å². The smallest absolute Gasteiger partial charge is 0.349 e. The van der Waals surface area contributed by atoms with Gasteiger partial charge in [-0.15, -0.1) is 10.2 Å². The van der Waals surface area contributed by atoms with E-state index in [1.165, 1.54) is 18.2 Å². The van der Waals surface area contributed by atoms with Crippen LogP contribution in [0, 0.1) is 0 Å². The van der Waals surface area contributed by atoms with Crippen LogP contribution in [0.25, 0.3) is 16.8 Å². The summed E-state index contributed by atoms with van der Waals surface area (Å²) in [5.41, 5.74) is 5.64. The number of fused-ring (bicyclic) bond motifs is 1. The average Bonchev–Trinajstić information content (AvgIpc) is 2.84. The Bertz CT molecular complexity index is 1620. The van der Waals surface area contributed by atoms with Crippen LogP contribution in [0.4, 0.5) is 5.82 Å². The summed E-state index contributed by atoms with van der Waals surface area (Å²) in [6.45, 7) is 0.667. The lowest BCUT2D eigenvalue weighted by Crippen LogP contribution is -2.33. The van der Waals surface area contributed by atoms with Crippen molar-refractivity contribution in [2.75, 3.05) is 12.3 Å². The highest BCUT2D eigenvalue weighted by atomic mass is 35.5. The number of aryl methyl sites for hydroxylation is 1. The predicted octanol–water partition coefficient (Wildman–Crippen LogP) is 2.68. The van der Waals surface area contributed by atoms with Crippen LogP contribution < -0.4 is 32.0 Å². The lowest BCUT2D eigenvalue weighted by atomic mass is 10.00. The highest BCUT2D eigenvalue weighted by molar-refractivity contribution is 6.37. The molecule has 4 aromatic rings. The normalized spacial score (nSPS) is 12.6. The van der Waals surface area contributed by atoms with Gasteiger partial charge in [0.15, 0.2) is 5.75 Å². The van der Waals surface area contributed by atoms with E-state index in [-0.39, 0.29) is 27.4 Å². The van der Waals surface area contributed by atoms with Crippen molar-refractivity contribution in [3.05, 3.63) is 83.2 Å². The van der Waals surface area contributed by atoms with E-state index < -0.39 is 22.6 Å². The molecule has 178 valence electrons. The molecule has 0 atom stereocenters. The summed E-state index contributed by atoms with van der Waals surface area (Å²) in [5.74, 6) is 0.468. The molecule has 0 radical (unpaired) electrons. The Morgan fingerprint density at radius 3 is 2.60 bits per heavy atom. The molecular formula is C22H16Cl2N6O5. The quantitative estimate of drug-likeness (QED) is 0.374. The van der Waals surface area contributed by atoms with Crippen molar-refractivity contribution < 1.29 is 9.47 Å². The second-order valence-corrected chi connectivity index (χ2v) is 8.43. The molecule has 0 saturated heterocycles. The van der Waals surface area contributed by atoms with Crippen LogP contribution in [-0.2, 0) is 6.42 Å². The van der Waals surface area contributed by atoms with E-state index in [1.54, 1.807) is 6.07 Å². The molecule has 11 nitrogen and oxygen atoms in total. The van der Waals surface area contributed by atoms with Crippen LogP contribution >= 0.6 is 23.2 Å². The van der Waals surface area contributed by atoms with Crippen LogP contribution in [-0.4, -0.2) is 31.6 Å². The number of H-pyrrole nitrogens is 2. The monoisotopic (exact) mass is 514 g/mol. The minimum atomic E-state index is -0.826. The van der Waals surface area contributed by atoms with Gasteiger partial charge in [-0.3, -0.25) is 14.6 Å². The highest BCUT2D eigenvalue weighted by Gasteiger charge is 2.17. The van der Waals surface area contributed by atoms with Crippen molar-refractivity contribution in [3.63, 3.8) is 0 Å². The van der Waals surface area contributed by atoms with Gasteiger partial charge in [0.1, 0.15) is 5.75 Å². The minimum Gasteiger partial charge on any atom is -0.493 e. The van der Waals surface area contributed by atoms with E-state index in [0.717, 1.165) is 28.8 Å². The number of nitrogens with two attached hydrogens (primary N) is 1. The fourth-order valence-corrected chi connectivity index (χ4v) is 4.19. The largest absolute Gasteiger partial charge is 0.493 e. The third-order valence-corrected chi connectivity index (χ3v) is 5.85. The number of nitrogen functional groups attached to an aromatic ring is 1. The number of nitrogens with one attached hydrogen (secondary N) is 2. The van der Waals surface area contributed by atoms with Gasteiger partial charge in [-0.1, -0.05) is 29.3 Å². The van der Waals surface area contributed by atoms with Crippen LogP contribution in [0.1, 0.15) is 12.0 Å². The van der Waals surface area contributed by atoms with Crippen molar-refractivity contribution in [2.24, 2.45) is 0 Å². The van der Waals surface area contributed by atoms with E-state index in [9.17, 15) is 14.4 Å². The van der Waals surface area contributed by atoms with Gasteiger partial charge >= 0.3 is 5.69 Å². The molecule has 2 aromatic heterocycles. The topological polar surface area (TPSA) is 158 Å². The third-order valence-electron chi connectivity index (χ3n) is 5.29. The molecule has 5 rings (SSSR count). The molecule has 13 heteroatoms. The number of halogens is 2. The van der Waals surface area contributed by atoms with Crippen molar-refractivity contribution in [1.82, 2.24) is 25.0 Å². The number of hydrogen-bond acceptors (Lipinski definition) is 8. The molecule has 3 heterocycles. The van der Waals surface area contributed by atoms with Gasteiger partial charge in [-0.2, -0.15) is 4.68 Å². The van der Waals surface area contributed by atoms with Crippen LogP contribution in [0.15, 0.2) is 50.8 Å². The van der Waals surface area contributed by atoms with E-state index in [0.29, 0.717) is 17.7 Å². The van der Waals surface area contributed by atoms with Gasteiger partial charge in [0, 0.05) is 6.07 Å². The summed E-state index contributed by atoms with van der Waals surface area (Å²) in [5, 5.41) is 10.1. The zero-order valence-corrected chi connectivity index (χ0v) is 19.3. The van der Waals surface area contributed by atoms with Gasteiger partial charge in [-0.25, -0.2) is 9.89 Å². The SMILES string of the molecule is Nc1nn(-c2cc(Cl)c(Oc3cc(-c4ccc5c(c4)CCCO5)c(=O)[nH]n3)c(Cl)c2)c(=O)[nH]c1=O. The average molecular weight is 515 g/mol. The molecule has 1 aliphatic rings. The van der Waals surface area contributed by atoms with Crippen molar-refractivity contribution in [3.8, 4) is 34.2 Å². The van der Waals surface area contributed by atoms with Gasteiger partial charge < -0.3 is 15.2 Å². The fourth-order valence-electron chi connectivity index (χ4n) is 3.64. The Morgan fingerprint density at radius 2 is 1.83 bits per heavy atom. The van der Waals surface area contributed by atoms with E-state index in [2.05, 4.69) is 15.3 Å². The van der Waals surface area contributed by atoms with Gasteiger partial charge in [0.2, 0.25) is 11.7 Å². The molecule has 35 heavy (non-hydrogen) atoms. The maximum Gasteiger partial charge on any atom is 0.349 e. The van der Waals surface area contributed by atoms with Crippen LogP contribution in [0.2, 0.25) is 10.0 Å². The Labute approximate surface area is 206 Å². The van der Waals surface area contributed by atoms with Crippen LogP contribution in [0.5, 0.6) is 17.4 Å². The molecule has 0 aliphatic carbocycles. The number of nitrogens with zero attached hydrogens (tertiary/aromatic N) is 3. The van der Waals surface area contributed by atoms with Crippen molar-refractivity contribution in [2.45, 2.75) is 12.8 Å². The van der Waals surface area contributed by atoms with Crippen molar-refractivity contribution in [1.29, 1.82) is 0 Å². The lowest BCUT2D eigenvalue weighted by molar-refractivity contribution is 0.288. The first kappa shape index (κ1) is 22.7. The van der Waals surface area contributed by atoms with Gasteiger partial charge in [0.25, 0.3) is 11.1 Å². The maximum absolute atomic E-state index is 12.5. The zero-order valence-electron chi connectivity index (χ0n) is 17.8. The Morgan fingerprint density at radius 1 is 1.06 bits per heavy atom. The summed E-state index contributed by atoms with van der Waals surface area (Å²) >= 11 is 12.7. The van der Waals surface area contributed by atoms with Gasteiger partial charge in [-0.05, 0) is 48.2 Å². The summed E-state index contributed by atoms with van der Waals surface area (Å²) in [6, 6.07) is 9.69.